The minimum atomic E-state index is -4.75. The number of pyridine rings is 1. The van der Waals surface area contributed by atoms with E-state index in [1.165, 1.54) is 12.1 Å². The average Bonchev–Trinajstić information content (AvgIpc) is 3.55. The molecule has 5 rings (SSSR count). The summed E-state index contributed by atoms with van der Waals surface area (Å²) in [6.45, 7) is 6.20. The van der Waals surface area contributed by atoms with Gasteiger partial charge < -0.3 is 25.3 Å². The highest BCUT2D eigenvalue weighted by atomic mass is 19.4. The molecule has 2 aromatic heterocycles. The van der Waals surface area contributed by atoms with Gasteiger partial charge in [-0.2, -0.15) is 0 Å². The molecule has 0 spiro atoms. The summed E-state index contributed by atoms with van der Waals surface area (Å²) in [5.74, 6) is 0.287. The lowest BCUT2D eigenvalue weighted by Crippen LogP contribution is -2.27. The molecule has 1 unspecified atom stereocenters. The van der Waals surface area contributed by atoms with Gasteiger partial charge >= 0.3 is 6.36 Å². The lowest BCUT2D eigenvalue weighted by Gasteiger charge is -2.17. The molecule has 1 fully saturated rings. The van der Waals surface area contributed by atoms with Crippen molar-refractivity contribution in [2.45, 2.75) is 58.1 Å². The number of alkyl halides is 3. The van der Waals surface area contributed by atoms with Crippen LogP contribution in [0.2, 0.25) is 0 Å². The molecule has 8 nitrogen and oxygen atoms in total. The number of amides is 1. The number of hydrogen-bond donors (Lipinski definition) is 3. The van der Waals surface area contributed by atoms with Crippen LogP contribution in [0.5, 0.6) is 5.75 Å². The van der Waals surface area contributed by atoms with E-state index >= 15 is 0 Å². The zero-order valence-electron chi connectivity index (χ0n) is 23.0. The molecule has 1 aliphatic heterocycles. The summed E-state index contributed by atoms with van der Waals surface area (Å²) in [4.78, 5) is 22.2. The molecule has 2 aromatic carbocycles. The number of fused-ring (bicyclic) bond motifs is 1. The van der Waals surface area contributed by atoms with Gasteiger partial charge in [0.25, 0.3) is 0 Å². The van der Waals surface area contributed by atoms with Crippen molar-refractivity contribution in [3.05, 3.63) is 83.3 Å². The molecule has 3 heterocycles. The van der Waals surface area contributed by atoms with Gasteiger partial charge in [0, 0.05) is 37.3 Å². The Hall–Kier alpha value is -4.12. The third-order valence-electron chi connectivity index (χ3n) is 7.09. The Morgan fingerprint density at radius 1 is 1.17 bits per heavy atom. The molecule has 11 heteroatoms. The summed E-state index contributed by atoms with van der Waals surface area (Å²) in [5.41, 5.74) is 5.13. The topological polar surface area (TPSA) is 93.1 Å². The van der Waals surface area contributed by atoms with E-state index in [1.807, 2.05) is 48.7 Å². The summed E-state index contributed by atoms with van der Waals surface area (Å²) in [7, 11) is 0. The molecular weight excluding hydrogens is 533 g/mol. The van der Waals surface area contributed by atoms with Crippen LogP contribution in [0, 0.1) is 6.92 Å². The van der Waals surface area contributed by atoms with Gasteiger partial charge in [0.1, 0.15) is 17.1 Å². The summed E-state index contributed by atoms with van der Waals surface area (Å²) >= 11 is 0. The summed E-state index contributed by atoms with van der Waals surface area (Å²) in [5, 5.41) is 9.93. The number of carbonyl (C=O) groups is 1. The standard InChI is InChI=1S/C30H33F3N6O2/c1-19-15-26-29(35-16-19)39(18-21-3-9-25(10-4-21)41-30(31,32)33)27(38-26)11-12-28(40)36-20(2)22-5-7-23(8-6-22)37-24-13-14-34-17-24/h3-10,15-16,20,24,34,37H,11-14,17-18H2,1-2H3,(H,36,40)/t20-,24?/m0/s1. The second kappa shape index (κ2) is 12.2. The predicted molar refractivity (Wildman–Crippen MR) is 151 cm³/mol. The molecule has 0 radical (unpaired) electrons. The molecule has 3 N–H and O–H groups in total. The van der Waals surface area contributed by atoms with Crippen LogP contribution >= 0.6 is 0 Å². The number of ether oxygens (including phenoxy) is 1. The smallest absolute Gasteiger partial charge is 0.406 e. The fraction of sp³-hybridized carbons (Fsp3) is 0.367. The van der Waals surface area contributed by atoms with E-state index < -0.39 is 6.36 Å². The van der Waals surface area contributed by atoms with E-state index in [0.717, 1.165) is 41.9 Å². The normalized spacial score (nSPS) is 16.1. The molecule has 0 aliphatic carbocycles. The molecular formula is C30H33F3N6O2. The van der Waals surface area contributed by atoms with Gasteiger partial charge in [-0.1, -0.05) is 24.3 Å². The van der Waals surface area contributed by atoms with Gasteiger partial charge in [-0.3, -0.25) is 4.79 Å². The Morgan fingerprint density at radius 3 is 2.61 bits per heavy atom. The van der Waals surface area contributed by atoms with Crippen molar-refractivity contribution < 1.29 is 22.7 Å². The van der Waals surface area contributed by atoms with Crippen molar-refractivity contribution in [2.24, 2.45) is 0 Å². The van der Waals surface area contributed by atoms with Crippen LogP contribution in [0.1, 0.15) is 48.3 Å². The number of nitrogens with one attached hydrogen (secondary N) is 3. The second-order valence-corrected chi connectivity index (χ2v) is 10.4. The molecule has 216 valence electrons. The average molecular weight is 567 g/mol. The summed E-state index contributed by atoms with van der Waals surface area (Å²) in [6, 6.07) is 16.0. The van der Waals surface area contributed by atoms with E-state index in [-0.39, 0.29) is 24.1 Å². The molecule has 1 saturated heterocycles. The lowest BCUT2D eigenvalue weighted by molar-refractivity contribution is -0.274. The van der Waals surface area contributed by atoms with Crippen LogP contribution in [-0.4, -0.2) is 45.9 Å². The third kappa shape index (κ3) is 7.55. The Kier molecular flexibility index (Phi) is 8.44. The monoisotopic (exact) mass is 566 g/mol. The largest absolute Gasteiger partial charge is 0.573 e. The molecule has 4 aromatic rings. The Morgan fingerprint density at radius 2 is 1.93 bits per heavy atom. The van der Waals surface area contributed by atoms with Crippen molar-refractivity contribution in [3.8, 4) is 5.75 Å². The Labute approximate surface area is 236 Å². The van der Waals surface area contributed by atoms with Crippen LogP contribution in [0.15, 0.2) is 60.8 Å². The van der Waals surface area contributed by atoms with Crippen molar-refractivity contribution in [1.29, 1.82) is 0 Å². The highest BCUT2D eigenvalue weighted by molar-refractivity contribution is 5.77. The maximum Gasteiger partial charge on any atom is 0.573 e. The van der Waals surface area contributed by atoms with Gasteiger partial charge in [-0.25, -0.2) is 9.97 Å². The molecule has 41 heavy (non-hydrogen) atoms. The zero-order chi connectivity index (χ0) is 29.0. The number of carbonyl (C=O) groups excluding carboxylic acids is 1. The van der Waals surface area contributed by atoms with E-state index in [4.69, 9.17) is 4.98 Å². The van der Waals surface area contributed by atoms with Gasteiger partial charge in [-0.05, 0) is 73.8 Å². The molecule has 0 saturated carbocycles. The maximum atomic E-state index is 12.9. The number of halogens is 3. The number of rotatable bonds is 10. The van der Waals surface area contributed by atoms with Gasteiger partial charge in [0.15, 0.2) is 5.65 Å². The SMILES string of the molecule is Cc1cnc2c(c1)nc(CCC(=O)N[C@@H](C)c1ccc(NC3CCNC3)cc1)n2Cc1ccc(OC(F)(F)F)cc1. The van der Waals surface area contributed by atoms with Crippen molar-refractivity contribution in [2.75, 3.05) is 18.4 Å². The molecule has 0 bridgehead atoms. The van der Waals surface area contributed by atoms with Crippen LogP contribution < -0.4 is 20.7 Å². The summed E-state index contributed by atoms with van der Waals surface area (Å²) < 4.78 is 43.5. The predicted octanol–water partition coefficient (Wildman–Crippen LogP) is 5.27. The molecule has 2 atom stereocenters. The van der Waals surface area contributed by atoms with Crippen LogP contribution in [0.25, 0.3) is 11.2 Å². The van der Waals surface area contributed by atoms with Crippen LogP contribution in [-0.2, 0) is 17.8 Å². The highest BCUT2D eigenvalue weighted by Crippen LogP contribution is 2.24. The lowest BCUT2D eigenvalue weighted by atomic mass is 10.1. The third-order valence-corrected chi connectivity index (χ3v) is 7.09. The highest BCUT2D eigenvalue weighted by Gasteiger charge is 2.31. The van der Waals surface area contributed by atoms with Gasteiger partial charge in [0.2, 0.25) is 5.91 Å². The summed E-state index contributed by atoms with van der Waals surface area (Å²) in [6.07, 6.45) is -1.31. The van der Waals surface area contributed by atoms with E-state index in [9.17, 15) is 18.0 Å². The number of hydrogen-bond acceptors (Lipinski definition) is 6. The fourth-order valence-corrected chi connectivity index (χ4v) is 5.00. The fourth-order valence-electron chi connectivity index (χ4n) is 5.00. The van der Waals surface area contributed by atoms with Crippen molar-refractivity contribution in [3.63, 3.8) is 0 Å². The minimum Gasteiger partial charge on any atom is -0.406 e. The van der Waals surface area contributed by atoms with Gasteiger partial charge in [0.05, 0.1) is 12.6 Å². The Bertz CT molecular complexity index is 1480. The molecule has 1 aliphatic rings. The minimum absolute atomic E-state index is 0.104. The first kappa shape index (κ1) is 28.4. The van der Waals surface area contributed by atoms with E-state index in [0.29, 0.717) is 36.0 Å². The zero-order valence-corrected chi connectivity index (χ0v) is 23.0. The van der Waals surface area contributed by atoms with E-state index in [1.54, 1.807) is 18.3 Å². The van der Waals surface area contributed by atoms with Crippen LogP contribution in [0.3, 0.4) is 0 Å². The first-order chi connectivity index (χ1) is 19.6. The quantitative estimate of drug-likeness (QED) is 0.242. The first-order valence-electron chi connectivity index (χ1n) is 13.7. The maximum absolute atomic E-state index is 12.9. The second-order valence-electron chi connectivity index (χ2n) is 10.4. The number of anilines is 1. The number of aromatic nitrogens is 3. The van der Waals surface area contributed by atoms with E-state index in [2.05, 4.69) is 25.7 Å². The number of aryl methyl sites for hydroxylation is 2. The van der Waals surface area contributed by atoms with Crippen LogP contribution in [0.4, 0.5) is 18.9 Å². The number of nitrogens with zero attached hydrogens (tertiary/aromatic N) is 3. The molecule has 1 amide bonds. The Balaban J connectivity index is 1.23. The van der Waals surface area contributed by atoms with Gasteiger partial charge in [-0.15, -0.1) is 13.2 Å². The number of imidazole rings is 1. The van der Waals surface area contributed by atoms with Crippen molar-refractivity contribution in [1.82, 2.24) is 25.2 Å². The first-order valence-corrected chi connectivity index (χ1v) is 13.7. The van der Waals surface area contributed by atoms with Crippen molar-refractivity contribution >= 4 is 22.8 Å². The number of benzene rings is 2.